The lowest BCUT2D eigenvalue weighted by Gasteiger charge is -2.06. The van der Waals surface area contributed by atoms with E-state index in [2.05, 4.69) is 15.0 Å². The Morgan fingerprint density at radius 1 is 1.20 bits per heavy atom. The van der Waals surface area contributed by atoms with Crippen LogP contribution in [0.1, 0.15) is 5.82 Å². The van der Waals surface area contributed by atoms with Crippen molar-refractivity contribution >= 4 is 22.5 Å². The Balaban J connectivity index is 2.73. The number of nitrogens with zero attached hydrogens (tertiary/aromatic N) is 3. The molecular formula is C8H3ClF3N3. The summed E-state index contributed by atoms with van der Waals surface area (Å²) in [6, 6.07) is 1.35. The molecule has 7 heteroatoms. The fourth-order valence-electron chi connectivity index (χ4n) is 1.06. The smallest absolute Gasteiger partial charge is 0.264 e. The van der Waals surface area contributed by atoms with Crippen molar-refractivity contribution in [3.63, 3.8) is 0 Å². The van der Waals surface area contributed by atoms with Gasteiger partial charge >= 0.3 is 6.18 Å². The van der Waals surface area contributed by atoms with Gasteiger partial charge in [0, 0.05) is 12.4 Å². The highest BCUT2D eigenvalue weighted by Gasteiger charge is 2.35. The fraction of sp³-hybridized carbons (Fsp3) is 0.125. The number of pyridine rings is 1. The summed E-state index contributed by atoms with van der Waals surface area (Å²) in [5, 5.41) is 0.0487. The van der Waals surface area contributed by atoms with Gasteiger partial charge in [-0.05, 0) is 6.07 Å². The molecule has 0 N–H and O–H groups in total. The first-order valence-electron chi connectivity index (χ1n) is 3.83. The molecule has 0 radical (unpaired) electrons. The third kappa shape index (κ3) is 1.85. The highest BCUT2D eigenvalue weighted by Crippen LogP contribution is 2.29. The normalized spacial score (nSPS) is 12.0. The van der Waals surface area contributed by atoms with Crippen molar-refractivity contribution in [1.29, 1.82) is 0 Å². The van der Waals surface area contributed by atoms with Crippen molar-refractivity contribution in [2.45, 2.75) is 6.18 Å². The van der Waals surface area contributed by atoms with E-state index in [0.29, 0.717) is 5.39 Å². The van der Waals surface area contributed by atoms with Crippen LogP contribution in [0.25, 0.3) is 10.9 Å². The molecule has 2 heterocycles. The number of rotatable bonds is 0. The molecule has 2 aromatic rings. The van der Waals surface area contributed by atoms with Crippen LogP contribution in [0.15, 0.2) is 18.5 Å². The van der Waals surface area contributed by atoms with Gasteiger partial charge in [-0.2, -0.15) is 13.2 Å². The minimum absolute atomic E-state index is 0.123. The summed E-state index contributed by atoms with van der Waals surface area (Å²) in [5.74, 6) is -1.24. The average molecular weight is 234 g/mol. The quantitative estimate of drug-likeness (QED) is 0.657. The number of hydrogen-bond donors (Lipinski definition) is 0. The molecule has 0 amide bonds. The van der Waals surface area contributed by atoms with Gasteiger partial charge in [0.2, 0.25) is 5.82 Å². The van der Waals surface area contributed by atoms with Crippen LogP contribution in [0.2, 0.25) is 5.15 Å². The molecule has 0 aliphatic rings. The number of aromatic nitrogens is 3. The second-order valence-corrected chi connectivity index (χ2v) is 3.09. The Kier molecular flexibility index (Phi) is 2.22. The zero-order valence-corrected chi connectivity index (χ0v) is 7.84. The molecule has 0 fully saturated rings. The van der Waals surface area contributed by atoms with E-state index in [1.165, 1.54) is 18.5 Å². The maximum absolute atomic E-state index is 12.3. The minimum atomic E-state index is -4.60. The molecule has 0 aliphatic heterocycles. The highest BCUT2D eigenvalue weighted by molar-refractivity contribution is 6.33. The van der Waals surface area contributed by atoms with Crippen molar-refractivity contribution in [3.05, 3.63) is 29.4 Å². The fourth-order valence-corrected chi connectivity index (χ4v) is 1.29. The van der Waals surface area contributed by atoms with Gasteiger partial charge < -0.3 is 0 Å². The van der Waals surface area contributed by atoms with E-state index in [1.54, 1.807) is 0 Å². The van der Waals surface area contributed by atoms with Crippen molar-refractivity contribution in [2.24, 2.45) is 0 Å². The monoisotopic (exact) mass is 233 g/mol. The molecule has 78 valence electrons. The molecule has 0 unspecified atom stereocenters. The van der Waals surface area contributed by atoms with Gasteiger partial charge in [-0.3, -0.25) is 4.98 Å². The molecule has 0 aromatic carbocycles. The lowest BCUT2D eigenvalue weighted by molar-refractivity contribution is -0.144. The maximum atomic E-state index is 12.3. The molecule has 0 saturated heterocycles. The summed E-state index contributed by atoms with van der Waals surface area (Å²) in [5.41, 5.74) is 0.123. The molecular weight excluding hydrogens is 231 g/mol. The zero-order chi connectivity index (χ0) is 11.1. The zero-order valence-electron chi connectivity index (χ0n) is 7.09. The Labute approximate surface area is 86.9 Å². The molecule has 0 spiro atoms. The van der Waals surface area contributed by atoms with E-state index in [-0.39, 0.29) is 10.7 Å². The third-order valence-electron chi connectivity index (χ3n) is 1.70. The largest absolute Gasteiger partial charge is 0.451 e. The predicted molar refractivity (Wildman–Crippen MR) is 47.3 cm³/mol. The molecule has 3 nitrogen and oxygen atoms in total. The summed E-state index contributed by atoms with van der Waals surface area (Å²) < 4.78 is 36.9. The summed E-state index contributed by atoms with van der Waals surface area (Å²) in [6.45, 7) is 0. The van der Waals surface area contributed by atoms with Crippen molar-refractivity contribution < 1.29 is 13.2 Å². The van der Waals surface area contributed by atoms with Crippen LogP contribution in [0, 0.1) is 0 Å². The van der Waals surface area contributed by atoms with E-state index >= 15 is 0 Å². The predicted octanol–water partition coefficient (Wildman–Crippen LogP) is 2.70. The lowest BCUT2D eigenvalue weighted by atomic mass is 10.3. The first-order valence-corrected chi connectivity index (χ1v) is 4.21. The van der Waals surface area contributed by atoms with E-state index < -0.39 is 12.0 Å². The highest BCUT2D eigenvalue weighted by atomic mass is 35.5. The van der Waals surface area contributed by atoms with Crippen LogP contribution in [-0.4, -0.2) is 15.0 Å². The van der Waals surface area contributed by atoms with Crippen molar-refractivity contribution in [1.82, 2.24) is 15.0 Å². The molecule has 2 aromatic heterocycles. The molecule has 2 rings (SSSR count). The van der Waals surface area contributed by atoms with Gasteiger partial charge in [-0.25, -0.2) is 9.97 Å². The van der Waals surface area contributed by atoms with Gasteiger partial charge in [-0.15, -0.1) is 0 Å². The molecule has 0 bridgehead atoms. The Morgan fingerprint density at radius 3 is 2.60 bits per heavy atom. The number of alkyl halides is 3. The maximum Gasteiger partial charge on any atom is 0.451 e. The summed E-state index contributed by atoms with van der Waals surface area (Å²) in [6.07, 6.45) is -1.94. The summed E-state index contributed by atoms with van der Waals surface area (Å²) in [7, 11) is 0. The molecule has 15 heavy (non-hydrogen) atoms. The Bertz CT molecular complexity index is 512. The van der Waals surface area contributed by atoms with Gasteiger partial charge in [0.25, 0.3) is 0 Å². The van der Waals surface area contributed by atoms with Crippen LogP contribution in [-0.2, 0) is 6.18 Å². The van der Waals surface area contributed by atoms with E-state index in [4.69, 9.17) is 11.6 Å². The van der Waals surface area contributed by atoms with Crippen LogP contribution in [0.4, 0.5) is 13.2 Å². The molecule has 0 aliphatic carbocycles. The third-order valence-corrected chi connectivity index (χ3v) is 1.99. The van der Waals surface area contributed by atoms with E-state index in [0.717, 1.165) is 0 Å². The second-order valence-electron chi connectivity index (χ2n) is 2.73. The van der Waals surface area contributed by atoms with Crippen LogP contribution >= 0.6 is 11.6 Å². The molecule has 0 atom stereocenters. The van der Waals surface area contributed by atoms with Gasteiger partial charge in [0.05, 0.1) is 10.9 Å². The second kappa shape index (κ2) is 3.30. The van der Waals surface area contributed by atoms with Gasteiger partial charge in [0.15, 0.2) is 0 Å². The lowest BCUT2D eigenvalue weighted by Crippen LogP contribution is -2.11. The minimum Gasteiger partial charge on any atom is -0.264 e. The first kappa shape index (κ1) is 10.1. The average Bonchev–Trinajstić information content (AvgIpc) is 2.16. The number of fused-ring (bicyclic) bond motifs is 1. The van der Waals surface area contributed by atoms with Crippen molar-refractivity contribution in [2.75, 3.05) is 0 Å². The van der Waals surface area contributed by atoms with Crippen molar-refractivity contribution in [3.8, 4) is 0 Å². The van der Waals surface area contributed by atoms with Gasteiger partial charge in [0.1, 0.15) is 5.15 Å². The van der Waals surface area contributed by atoms with Gasteiger partial charge in [-0.1, -0.05) is 11.6 Å². The number of halogens is 4. The van der Waals surface area contributed by atoms with Crippen LogP contribution in [0.3, 0.4) is 0 Å². The summed E-state index contributed by atoms with van der Waals surface area (Å²) in [4.78, 5) is 10.2. The number of hydrogen-bond acceptors (Lipinski definition) is 3. The van der Waals surface area contributed by atoms with E-state index in [9.17, 15) is 13.2 Å². The molecule has 0 saturated carbocycles. The van der Waals surface area contributed by atoms with Crippen LogP contribution in [0.5, 0.6) is 0 Å². The standard InChI is InChI=1S/C8H3ClF3N3/c9-6-4-3-13-2-1-5(4)14-7(15-6)8(10,11)12/h1-3H. The van der Waals surface area contributed by atoms with E-state index in [1.807, 2.05) is 0 Å². The Hall–Kier alpha value is -1.43. The SMILES string of the molecule is FC(F)(F)c1nc(Cl)c2cnccc2n1. The first-order chi connectivity index (χ1) is 6.98. The topological polar surface area (TPSA) is 38.7 Å². The Morgan fingerprint density at radius 2 is 1.93 bits per heavy atom. The summed E-state index contributed by atoms with van der Waals surface area (Å²) >= 11 is 5.58. The van der Waals surface area contributed by atoms with Crippen LogP contribution < -0.4 is 0 Å².